The topological polar surface area (TPSA) is 92.4 Å². The van der Waals surface area contributed by atoms with Gasteiger partial charge in [-0.05, 0) is 11.6 Å². The van der Waals surface area contributed by atoms with E-state index in [9.17, 15) is 4.79 Å². The van der Waals surface area contributed by atoms with Crippen molar-refractivity contribution in [2.75, 3.05) is 12.4 Å². The average Bonchev–Trinajstić information content (AvgIpc) is 3.00. The molecule has 1 aromatic heterocycles. The number of hydrogen-bond acceptors (Lipinski definition) is 6. The SMILES string of the molecule is C/N=C\C=C(/N)Nc1nc(C(=O)NCc2ccccc2)cs1. The van der Waals surface area contributed by atoms with E-state index in [1.807, 2.05) is 30.3 Å². The molecule has 0 saturated heterocycles. The third-order valence-electron chi connectivity index (χ3n) is 2.69. The first-order valence-corrected chi connectivity index (χ1v) is 7.49. The van der Waals surface area contributed by atoms with E-state index in [1.54, 1.807) is 24.7 Å². The number of thiazole rings is 1. The van der Waals surface area contributed by atoms with Crippen LogP contribution in [0.25, 0.3) is 0 Å². The maximum absolute atomic E-state index is 12.0. The summed E-state index contributed by atoms with van der Waals surface area (Å²) < 4.78 is 0. The van der Waals surface area contributed by atoms with Crippen LogP contribution in [0.3, 0.4) is 0 Å². The van der Waals surface area contributed by atoms with Gasteiger partial charge in [-0.15, -0.1) is 11.3 Å². The molecular weight excluding hydrogens is 298 g/mol. The molecular formula is C15H17N5OS. The van der Waals surface area contributed by atoms with Crippen LogP contribution in [0.4, 0.5) is 5.13 Å². The van der Waals surface area contributed by atoms with E-state index in [-0.39, 0.29) is 5.91 Å². The molecule has 0 saturated carbocycles. The lowest BCUT2D eigenvalue weighted by Crippen LogP contribution is -2.23. The number of carbonyl (C=O) groups is 1. The molecule has 1 aromatic carbocycles. The standard InChI is InChI=1S/C15H17N5OS/c1-17-8-7-13(16)20-15-19-12(10-22-15)14(21)18-9-11-5-3-2-4-6-11/h2-8,10H,9,16H2,1H3,(H,18,21)(H,19,20)/b13-7+,17-8-. The predicted molar refractivity (Wildman–Crippen MR) is 90.0 cm³/mol. The zero-order chi connectivity index (χ0) is 15.8. The van der Waals surface area contributed by atoms with Gasteiger partial charge >= 0.3 is 0 Å². The van der Waals surface area contributed by atoms with Crippen molar-refractivity contribution in [1.29, 1.82) is 0 Å². The maximum Gasteiger partial charge on any atom is 0.271 e. The Morgan fingerprint density at radius 3 is 2.91 bits per heavy atom. The Morgan fingerprint density at radius 2 is 2.18 bits per heavy atom. The van der Waals surface area contributed by atoms with Crippen molar-refractivity contribution in [2.45, 2.75) is 6.54 Å². The molecule has 1 heterocycles. The minimum atomic E-state index is -0.217. The zero-order valence-electron chi connectivity index (χ0n) is 12.1. The second kappa shape index (κ2) is 7.94. The van der Waals surface area contributed by atoms with Gasteiger partial charge < -0.3 is 16.4 Å². The summed E-state index contributed by atoms with van der Waals surface area (Å²) in [5.41, 5.74) is 7.14. The Kier molecular flexibility index (Phi) is 5.67. The van der Waals surface area contributed by atoms with Crippen molar-refractivity contribution in [1.82, 2.24) is 10.3 Å². The van der Waals surface area contributed by atoms with Crippen molar-refractivity contribution in [3.05, 3.63) is 58.9 Å². The van der Waals surface area contributed by atoms with Gasteiger partial charge in [0, 0.05) is 25.2 Å². The highest BCUT2D eigenvalue weighted by molar-refractivity contribution is 7.13. The van der Waals surface area contributed by atoms with Gasteiger partial charge in [-0.25, -0.2) is 4.98 Å². The highest BCUT2D eigenvalue weighted by Gasteiger charge is 2.10. The Morgan fingerprint density at radius 1 is 1.41 bits per heavy atom. The maximum atomic E-state index is 12.0. The van der Waals surface area contributed by atoms with E-state index in [0.29, 0.717) is 23.2 Å². The summed E-state index contributed by atoms with van der Waals surface area (Å²) in [5.74, 6) is 0.196. The first-order chi connectivity index (χ1) is 10.7. The minimum Gasteiger partial charge on any atom is -0.385 e. The zero-order valence-corrected chi connectivity index (χ0v) is 12.9. The minimum absolute atomic E-state index is 0.217. The van der Waals surface area contributed by atoms with Crippen LogP contribution in [0.5, 0.6) is 0 Å². The fourth-order valence-corrected chi connectivity index (χ4v) is 2.34. The summed E-state index contributed by atoms with van der Waals surface area (Å²) in [5, 5.41) is 7.97. The Bertz CT molecular complexity index is 678. The summed E-state index contributed by atoms with van der Waals surface area (Å²) in [7, 11) is 1.66. The normalized spacial score (nSPS) is 11.6. The van der Waals surface area contributed by atoms with Gasteiger partial charge in [-0.1, -0.05) is 30.3 Å². The summed E-state index contributed by atoms with van der Waals surface area (Å²) in [6.07, 6.45) is 3.19. The van der Waals surface area contributed by atoms with Gasteiger partial charge in [0.25, 0.3) is 5.91 Å². The Hall–Kier alpha value is -2.67. The van der Waals surface area contributed by atoms with Crippen LogP contribution >= 0.6 is 11.3 Å². The summed E-state index contributed by atoms with van der Waals surface area (Å²) >= 11 is 1.31. The summed E-state index contributed by atoms with van der Waals surface area (Å²) in [4.78, 5) is 20.0. The number of aromatic nitrogens is 1. The van der Waals surface area contributed by atoms with E-state index >= 15 is 0 Å². The van der Waals surface area contributed by atoms with Crippen LogP contribution in [0.1, 0.15) is 16.1 Å². The molecule has 0 aliphatic carbocycles. The van der Waals surface area contributed by atoms with E-state index in [1.165, 1.54) is 11.3 Å². The number of nitrogens with zero attached hydrogens (tertiary/aromatic N) is 2. The van der Waals surface area contributed by atoms with Crippen LogP contribution < -0.4 is 16.4 Å². The monoisotopic (exact) mass is 315 g/mol. The molecule has 7 heteroatoms. The lowest BCUT2D eigenvalue weighted by molar-refractivity contribution is 0.0946. The van der Waals surface area contributed by atoms with Crippen LogP contribution in [0.2, 0.25) is 0 Å². The van der Waals surface area contributed by atoms with Crippen molar-refractivity contribution >= 4 is 28.6 Å². The second-order valence-corrected chi connectivity index (χ2v) is 5.22. The van der Waals surface area contributed by atoms with Crippen molar-refractivity contribution in [3.8, 4) is 0 Å². The van der Waals surface area contributed by atoms with E-state index in [0.717, 1.165) is 5.56 Å². The number of rotatable bonds is 6. The molecule has 1 amide bonds. The number of allylic oxidation sites excluding steroid dienone is 1. The van der Waals surface area contributed by atoms with Crippen molar-refractivity contribution in [3.63, 3.8) is 0 Å². The quantitative estimate of drug-likeness (QED) is 0.711. The van der Waals surface area contributed by atoms with Crippen LogP contribution in [0.15, 0.2) is 52.6 Å². The molecule has 0 radical (unpaired) electrons. The molecule has 2 rings (SSSR count). The predicted octanol–water partition coefficient (Wildman–Crippen LogP) is 1.99. The molecule has 114 valence electrons. The highest BCUT2D eigenvalue weighted by Crippen LogP contribution is 2.16. The highest BCUT2D eigenvalue weighted by atomic mass is 32.1. The molecule has 0 bridgehead atoms. The van der Waals surface area contributed by atoms with Crippen molar-refractivity contribution in [2.24, 2.45) is 10.7 Å². The number of benzene rings is 1. The average molecular weight is 315 g/mol. The van der Waals surface area contributed by atoms with Gasteiger partial charge in [0.2, 0.25) is 0 Å². The number of carbonyl (C=O) groups excluding carboxylic acids is 1. The fourth-order valence-electron chi connectivity index (χ4n) is 1.62. The Labute approximate surface area is 132 Å². The Balaban J connectivity index is 1.91. The first kappa shape index (κ1) is 15.7. The van der Waals surface area contributed by atoms with Crippen LogP contribution in [-0.4, -0.2) is 24.2 Å². The molecule has 0 fully saturated rings. The molecule has 0 aliphatic heterocycles. The molecule has 0 unspecified atom stereocenters. The van der Waals surface area contributed by atoms with E-state index in [2.05, 4.69) is 20.6 Å². The number of amides is 1. The smallest absolute Gasteiger partial charge is 0.271 e. The molecule has 6 nitrogen and oxygen atoms in total. The largest absolute Gasteiger partial charge is 0.385 e. The number of nitrogens with one attached hydrogen (secondary N) is 2. The molecule has 0 spiro atoms. The van der Waals surface area contributed by atoms with Crippen LogP contribution in [0, 0.1) is 0 Å². The second-order valence-electron chi connectivity index (χ2n) is 4.36. The third-order valence-corrected chi connectivity index (χ3v) is 3.44. The van der Waals surface area contributed by atoms with Crippen molar-refractivity contribution < 1.29 is 4.79 Å². The van der Waals surface area contributed by atoms with Gasteiger partial charge in [0.1, 0.15) is 11.5 Å². The molecule has 2 aromatic rings. The molecule has 4 N–H and O–H groups in total. The molecule has 0 atom stereocenters. The lowest BCUT2D eigenvalue weighted by atomic mass is 10.2. The number of aliphatic imine (C=N–C) groups is 1. The van der Waals surface area contributed by atoms with Gasteiger partial charge in [0.05, 0.1) is 0 Å². The van der Waals surface area contributed by atoms with Gasteiger partial charge in [-0.3, -0.25) is 9.79 Å². The summed E-state index contributed by atoms with van der Waals surface area (Å²) in [6.45, 7) is 0.467. The number of anilines is 1. The van der Waals surface area contributed by atoms with Gasteiger partial charge in [-0.2, -0.15) is 0 Å². The number of hydrogen-bond donors (Lipinski definition) is 3. The molecule has 22 heavy (non-hydrogen) atoms. The lowest BCUT2D eigenvalue weighted by Gasteiger charge is -2.03. The molecule has 0 aliphatic rings. The van der Waals surface area contributed by atoms with Gasteiger partial charge in [0.15, 0.2) is 5.13 Å². The van der Waals surface area contributed by atoms with E-state index in [4.69, 9.17) is 5.73 Å². The van der Waals surface area contributed by atoms with E-state index < -0.39 is 0 Å². The van der Waals surface area contributed by atoms with Crippen LogP contribution in [-0.2, 0) is 6.54 Å². The number of nitrogens with two attached hydrogens (primary N) is 1. The summed E-state index contributed by atoms with van der Waals surface area (Å²) in [6, 6.07) is 9.71. The third kappa shape index (κ3) is 4.71. The first-order valence-electron chi connectivity index (χ1n) is 6.61. The fraction of sp³-hybridized carbons (Fsp3) is 0.133.